The van der Waals surface area contributed by atoms with Crippen molar-refractivity contribution in [2.24, 2.45) is 0 Å². The van der Waals surface area contributed by atoms with Gasteiger partial charge >= 0.3 is 11.3 Å². The van der Waals surface area contributed by atoms with Crippen LogP contribution in [0.4, 0.5) is 0 Å². The average molecular weight is 612 g/mol. The van der Waals surface area contributed by atoms with Crippen LogP contribution in [0.2, 0.25) is 0 Å². The maximum Gasteiger partial charge on any atom is 0.402 e. The van der Waals surface area contributed by atoms with Gasteiger partial charge in [0.25, 0.3) is 0 Å². The molecule has 0 saturated carbocycles. The summed E-state index contributed by atoms with van der Waals surface area (Å²) in [6, 6.07) is 7.17. The topological polar surface area (TPSA) is 271 Å². The van der Waals surface area contributed by atoms with Gasteiger partial charge in [-0.1, -0.05) is 0 Å². The molecule has 234 valence electrons. The SMILES string of the molecule is OC[C@@H]1O[C@@H](Oc2cc3c(OC4O[C@H](CO)[C@@H](O)[C@H](O)[C@H]4O)cc(O)cc3[o+]c2-c2ccc(O)c(O)c2)[C@@H](O)[C@H](O)[C@H]1O. The van der Waals surface area contributed by atoms with Gasteiger partial charge in [-0.15, -0.1) is 0 Å². The Hall–Kier alpha value is -3.55. The molecule has 11 N–H and O–H groups in total. The van der Waals surface area contributed by atoms with Gasteiger partial charge in [0, 0.05) is 18.2 Å². The van der Waals surface area contributed by atoms with E-state index in [1.54, 1.807) is 0 Å². The standard InChI is InChI=1S/C27H30O16/c28-7-17-19(33)21(35)23(37)26(42-17)40-15-5-10(30)4-14-11(15)6-16(25(39-14)9-1-2-12(31)13(32)3-9)41-27-24(38)22(36)20(34)18(8-29)43-27/h1-6,17-24,26-29,33-38H,7-8H2,(H2-,30,31,32)/p+1/t17-,18+,19-,20+,21+,22-,23-,24+,26?,27-/m1/s1. The predicted molar refractivity (Wildman–Crippen MR) is 140 cm³/mol. The minimum Gasteiger partial charge on any atom is -0.507 e. The summed E-state index contributed by atoms with van der Waals surface area (Å²) in [5.74, 6) is -1.96. The Labute approximate surface area is 242 Å². The molecule has 5 rings (SSSR count). The van der Waals surface area contributed by atoms with Gasteiger partial charge in [0.1, 0.15) is 65.7 Å². The highest BCUT2D eigenvalue weighted by Gasteiger charge is 2.47. The summed E-state index contributed by atoms with van der Waals surface area (Å²) >= 11 is 0. The Kier molecular flexibility index (Phi) is 8.77. The van der Waals surface area contributed by atoms with Crippen LogP contribution in [0.3, 0.4) is 0 Å². The van der Waals surface area contributed by atoms with E-state index in [4.69, 9.17) is 23.4 Å². The van der Waals surface area contributed by atoms with Crippen molar-refractivity contribution in [3.63, 3.8) is 0 Å². The van der Waals surface area contributed by atoms with Gasteiger partial charge in [-0.25, -0.2) is 4.42 Å². The van der Waals surface area contributed by atoms with E-state index in [0.29, 0.717) is 0 Å². The molecule has 2 fully saturated rings. The van der Waals surface area contributed by atoms with Crippen molar-refractivity contribution >= 4 is 11.0 Å². The summed E-state index contributed by atoms with van der Waals surface area (Å²) in [4.78, 5) is 0. The summed E-state index contributed by atoms with van der Waals surface area (Å²) in [7, 11) is 0. The normalized spacial score (nSPS) is 32.9. The fourth-order valence-corrected chi connectivity index (χ4v) is 4.80. The third-order valence-electron chi connectivity index (χ3n) is 7.22. The lowest BCUT2D eigenvalue weighted by atomic mass is 9.99. The molecule has 0 bridgehead atoms. The Bertz CT molecular complexity index is 1450. The number of rotatable bonds is 7. The van der Waals surface area contributed by atoms with Crippen molar-refractivity contribution in [3.05, 3.63) is 36.4 Å². The number of benzene rings is 2. The second-order valence-corrected chi connectivity index (χ2v) is 10.1. The molecule has 0 spiro atoms. The van der Waals surface area contributed by atoms with Crippen LogP contribution in [-0.4, -0.2) is 131 Å². The second-order valence-electron chi connectivity index (χ2n) is 10.1. The van der Waals surface area contributed by atoms with Crippen molar-refractivity contribution < 1.29 is 79.5 Å². The first kappa shape index (κ1) is 30.9. The van der Waals surface area contributed by atoms with Gasteiger partial charge < -0.3 is 75.1 Å². The number of ether oxygens (including phenoxy) is 4. The van der Waals surface area contributed by atoms with Gasteiger partial charge in [-0.3, -0.25) is 0 Å². The zero-order valence-corrected chi connectivity index (χ0v) is 22.1. The van der Waals surface area contributed by atoms with Crippen molar-refractivity contribution in [2.45, 2.75) is 61.4 Å². The minimum absolute atomic E-state index is 0.0427. The predicted octanol–water partition coefficient (Wildman–Crippen LogP) is -2.14. The number of aromatic hydroxyl groups is 3. The fraction of sp³-hybridized carbons (Fsp3) is 0.444. The largest absolute Gasteiger partial charge is 0.507 e. The third-order valence-corrected chi connectivity index (χ3v) is 7.22. The Morgan fingerprint density at radius 1 is 0.628 bits per heavy atom. The summed E-state index contributed by atoms with van der Waals surface area (Å²) in [5.41, 5.74) is 0.0554. The van der Waals surface area contributed by atoms with Crippen LogP contribution >= 0.6 is 0 Å². The van der Waals surface area contributed by atoms with Crippen LogP contribution in [0.5, 0.6) is 28.7 Å². The fourth-order valence-electron chi connectivity index (χ4n) is 4.80. The lowest BCUT2D eigenvalue weighted by Crippen LogP contribution is -2.60. The number of aliphatic hydroxyl groups excluding tert-OH is 8. The molecule has 0 aliphatic carbocycles. The van der Waals surface area contributed by atoms with E-state index >= 15 is 0 Å². The first-order valence-corrected chi connectivity index (χ1v) is 13.0. The number of phenols is 3. The Morgan fingerprint density at radius 3 is 1.72 bits per heavy atom. The molecule has 3 aromatic rings. The first-order chi connectivity index (χ1) is 20.4. The van der Waals surface area contributed by atoms with E-state index in [0.717, 1.165) is 18.2 Å². The van der Waals surface area contributed by atoms with E-state index in [9.17, 15) is 56.2 Å². The van der Waals surface area contributed by atoms with Crippen LogP contribution in [-0.2, 0) is 9.47 Å². The van der Waals surface area contributed by atoms with Crippen LogP contribution in [0.25, 0.3) is 22.3 Å². The number of fused-ring (bicyclic) bond motifs is 1. The molecule has 16 heteroatoms. The molecule has 10 atom stereocenters. The molecule has 1 unspecified atom stereocenters. The van der Waals surface area contributed by atoms with Gasteiger partial charge in [-0.05, 0) is 12.1 Å². The molecular formula is C27H31O16+. The number of phenolic OH excluding ortho intramolecular Hbond substituents is 3. The van der Waals surface area contributed by atoms with Crippen LogP contribution in [0.15, 0.2) is 40.8 Å². The Morgan fingerprint density at radius 2 is 1.19 bits per heavy atom. The lowest BCUT2D eigenvalue weighted by Gasteiger charge is -2.39. The summed E-state index contributed by atoms with van der Waals surface area (Å²) in [5, 5.41) is 111. The zero-order valence-electron chi connectivity index (χ0n) is 22.1. The van der Waals surface area contributed by atoms with Gasteiger partial charge in [-0.2, -0.15) is 0 Å². The molecule has 1 aromatic heterocycles. The molecule has 2 aromatic carbocycles. The number of hydrogen-bond donors (Lipinski definition) is 11. The van der Waals surface area contributed by atoms with Crippen molar-refractivity contribution in [1.82, 2.24) is 0 Å². The maximum atomic E-state index is 10.6. The molecule has 3 heterocycles. The van der Waals surface area contributed by atoms with E-state index in [1.807, 2.05) is 0 Å². The van der Waals surface area contributed by atoms with Crippen LogP contribution < -0.4 is 9.47 Å². The van der Waals surface area contributed by atoms with E-state index in [-0.39, 0.29) is 33.8 Å². The quantitative estimate of drug-likeness (QED) is 0.100. The molecule has 16 nitrogen and oxygen atoms in total. The third kappa shape index (κ3) is 5.85. The monoisotopic (exact) mass is 611 g/mol. The van der Waals surface area contributed by atoms with E-state index in [1.165, 1.54) is 18.2 Å². The minimum atomic E-state index is -1.82. The number of aliphatic hydroxyl groups is 8. The molecule has 2 aliphatic heterocycles. The molecule has 2 aliphatic rings. The van der Waals surface area contributed by atoms with E-state index in [2.05, 4.69) is 0 Å². The van der Waals surface area contributed by atoms with Gasteiger partial charge in [0.15, 0.2) is 11.5 Å². The summed E-state index contributed by atoms with van der Waals surface area (Å²) in [6.45, 7) is -1.46. The molecule has 43 heavy (non-hydrogen) atoms. The highest BCUT2D eigenvalue weighted by atomic mass is 16.7. The molecular weight excluding hydrogens is 580 g/mol. The van der Waals surface area contributed by atoms with Crippen LogP contribution in [0, 0.1) is 0 Å². The maximum absolute atomic E-state index is 10.6. The van der Waals surface area contributed by atoms with Crippen LogP contribution in [0.1, 0.15) is 0 Å². The van der Waals surface area contributed by atoms with Crippen molar-refractivity contribution in [1.29, 1.82) is 0 Å². The zero-order chi connectivity index (χ0) is 31.2. The van der Waals surface area contributed by atoms with Gasteiger partial charge in [0.2, 0.25) is 18.3 Å². The molecule has 0 amide bonds. The number of hydrogen-bond acceptors (Lipinski definition) is 15. The summed E-state index contributed by atoms with van der Waals surface area (Å²) < 4.78 is 28.4. The second kappa shape index (κ2) is 12.2. The highest BCUT2D eigenvalue weighted by molar-refractivity contribution is 5.89. The first-order valence-electron chi connectivity index (χ1n) is 13.0. The average Bonchev–Trinajstić information content (AvgIpc) is 2.98. The summed E-state index contributed by atoms with van der Waals surface area (Å²) in [6.07, 6.45) is -16.4. The lowest BCUT2D eigenvalue weighted by molar-refractivity contribution is -0.277. The van der Waals surface area contributed by atoms with E-state index < -0.39 is 91.9 Å². The Balaban J connectivity index is 1.61. The van der Waals surface area contributed by atoms with Crippen molar-refractivity contribution in [3.8, 4) is 40.1 Å². The van der Waals surface area contributed by atoms with Crippen molar-refractivity contribution in [2.75, 3.05) is 13.2 Å². The molecule has 2 saturated heterocycles. The van der Waals surface area contributed by atoms with Gasteiger partial charge in [0.05, 0.1) is 24.8 Å². The highest BCUT2D eigenvalue weighted by Crippen LogP contribution is 2.43. The molecule has 0 radical (unpaired) electrons. The smallest absolute Gasteiger partial charge is 0.402 e.